The van der Waals surface area contributed by atoms with Gasteiger partial charge in [0, 0.05) is 70.9 Å². The number of hydrogen-bond acceptors (Lipinski definition) is 2. The van der Waals surface area contributed by atoms with Crippen molar-refractivity contribution >= 4 is 76.3 Å². The molecule has 0 unspecified atom stereocenters. The maximum absolute atomic E-state index is 6.08. The monoisotopic (exact) mass is 1520 g/mol. The van der Waals surface area contributed by atoms with Crippen LogP contribution in [0.2, 0.25) is 0 Å². The Bertz CT molecular complexity index is 7970. The molecule has 0 N–H and O–H groups in total. The zero-order valence-corrected chi connectivity index (χ0v) is 67.0. The zero-order valence-electron chi connectivity index (χ0n) is 67.0. The van der Waals surface area contributed by atoms with E-state index in [1.807, 2.05) is 0 Å². The lowest BCUT2D eigenvalue weighted by atomic mass is 9.67. The van der Waals surface area contributed by atoms with Crippen LogP contribution in [0.3, 0.4) is 0 Å². The van der Waals surface area contributed by atoms with Crippen LogP contribution in [0.1, 0.15) is 97.2 Å². The van der Waals surface area contributed by atoms with Gasteiger partial charge in [-0.25, -0.2) is 9.97 Å². The Labute approximate surface area is 690 Å². The van der Waals surface area contributed by atoms with Gasteiger partial charge in [0.1, 0.15) is 0 Å². The quantitative estimate of drug-likeness (QED) is 0.144. The van der Waals surface area contributed by atoms with Gasteiger partial charge in [-0.2, -0.15) is 0 Å². The van der Waals surface area contributed by atoms with Crippen LogP contribution in [0.15, 0.2) is 370 Å². The number of aromatic nitrogens is 5. The van der Waals surface area contributed by atoms with Crippen LogP contribution in [0, 0.1) is 0 Å². The van der Waals surface area contributed by atoms with Crippen LogP contribution < -0.4 is 0 Å². The van der Waals surface area contributed by atoms with Gasteiger partial charge >= 0.3 is 0 Å². The first-order chi connectivity index (χ1) is 58.2. The van der Waals surface area contributed by atoms with Crippen molar-refractivity contribution in [2.24, 2.45) is 0 Å². The van der Waals surface area contributed by atoms with E-state index in [9.17, 15) is 0 Å². The van der Waals surface area contributed by atoms with E-state index in [1.54, 1.807) is 0 Å². The molecule has 4 heterocycles. The average molecular weight is 1520 g/mol. The highest BCUT2D eigenvalue weighted by atomic mass is 15.2. The van der Waals surface area contributed by atoms with Crippen LogP contribution in [0.5, 0.6) is 0 Å². The molecule has 0 fully saturated rings. The van der Waals surface area contributed by atoms with Crippen molar-refractivity contribution in [2.45, 2.75) is 63.2 Å². The standard InChI is InChI=1S/C114H79N5/c1-111(2)94-35-19-13-29-79(94)87-59-68(42-52-97(87)111)71-45-56-106-90(62-71)84-32-16-22-38-103(84)117(106)77-49-55-102-93(66-77)109(116-110(115-102)119-105-40-24-18-34-86(105)92-64-73(47-58-108(92)119)70-44-54-99-89(61-70)81-31-15-21-37-96(81)113(99,5)6)74-41-50-82-83-51-48-78(67-101(83)114(100(82)65-74,75-25-9-7-10-26-75)76-27-11-8-12-28-76)118-104-39-23-17-33-85(104)91-63-72(46-57-107(91)118)69-43-53-98-88(60-69)80-30-14-20-36-95(80)112(98,3)4/h7-67H,1-6H3. The molecule has 0 radical (unpaired) electrons. The fraction of sp³-hybridized carbons (Fsp3) is 0.0877. The minimum absolute atomic E-state index is 0.0691. The third-order valence-electron chi connectivity index (χ3n) is 28.0. The van der Waals surface area contributed by atoms with Crippen LogP contribution in [-0.2, 0) is 21.7 Å². The molecule has 119 heavy (non-hydrogen) atoms. The third kappa shape index (κ3) is 9.41. The Hall–Kier alpha value is -14.5. The second kappa shape index (κ2) is 24.5. The summed E-state index contributed by atoms with van der Waals surface area (Å²) in [6.45, 7) is 14.1. The van der Waals surface area contributed by atoms with Gasteiger partial charge in [-0.1, -0.05) is 302 Å². The van der Waals surface area contributed by atoms with Crippen LogP contribution in [-0.4, -0.2) is 23.7 Å². The molecule has 21 aromatic rings. The van der Waals surface area contributed by atoms with E-state index in [0.29, 0.717) is 5.95 Å². The first-order valence-electron chi connectivity index (χ1n) is 41.8. The summed E-state index contributed by atoms with van der Waals surface area (Å²) in [4.78, 5) is 11.9. The summed E-state index contributed by atoms with van der Waals surface area (Å²) >= 11 is 0. The Morgan fingerprint density at radius 2 is 0.529 bits per heavy atom. The number of nitrogens with zero attached hydrogens (tertiary/aromatic N) is 5. The number of hydrogen-bond donors (Lipinski definition) is 0. The minimum atomic E-state index is -0.797. The molecule has 17 aromatic carbocycles. The summed E-state index contributed by atoms with van der Waals surface area (Å²) < 4.78 is 7.27. The molecule has 0 saturated carbocycles. The van der Waals surface area contributed by atoms with Crippen molar-refractivity contribution in [1.82, 2.24) is 23.7 Å². The highest BCUT2D eigenvalue weighted by molar-refractivity contribution is 6.14. The largest absolute Gasteiger partial charge is 0.309 e. The third-order valence-corrected chi connectivity index (χ3v) is 28.0. The molecule has 0 aliphatic heterocycles. The summed E-state index contributed by atoms with van der Waals surface area (Å²) in [6, 6.07) is 140. The summed E-state index contributed by atoms with van der Waals surface area (Å²) in [5.74, 6) is 0.602. The zero-order chi connectivity index (χ0) is 79.1. The maximum atomic E-state index is 6.08. The molecule has 5 heteroatoms. The minimum Gasteiger partial charge on any atom is -0.309 e. The van der Waals surface area contributed by atoms with E-state index < -0.39 is 5.41 Å². The van der Waals surface area contributed by atoms with E-state index in [1.165, 1.54) is 150 Å². The van der Waals surface area contributed by atoms with E-state index >= 15 is 0 Å². The molecule has 4 aliphatic rings. The molecule has 4 aromatic heterocycles. The van der Waals surface area contributed by atoms with E-state index in [0.717, 1.165) is 83.0 Å². The Morgan fingerprint density at radius 1 is 0.202 bits per heavy atom. The molecule has 0 amide bonds. The second-order valence-corrected chi connectivity index (χ2v) is 35.1. The molecule has 5 nitrogen and oxygen atoms in total. The van der Waals surface area contributed by atoms with Crippen LogP contribution >= 0.6 is 0 Å². The summed E-state index contributed by atoms with van der Waals surface area (Å²) in [7, 11) is 0. The van der Waals surface area contributed by atoms with Crippen LogP contribution in [0.4, 0.5) is 0 Å². The van der Waals surface area contributed by atoms with Gasteiger partial charge in [-0.05, 0) is 243 Å². The van der Waals surface area contributed by atoms with Crippen molar-refractivity contribution in [1.29, 1.82) is 0 Å². The van der Waals surface area contributed by atoms with Gasteiger partial charge in [-0.15, -0.1) is 0 Å². The normalized spacial score (nSPS) is 14.6. The van der Waals surface area contributed by atoms with E-state index in [-0.39, 0.29) is 16.2 Å². The summed E-state index contributed by atoms with van der Waals surface area (Å²) in [5, 5.41) is 8.05. The topological polar surface area (TPSA) is 40.6 Å². The maximum Gasteiger partial charge on any atom is 0.235 e. The first-order valence-corrected chi connectivity index (χ1v) is 41.8. The number of para-hydroxylation sites is 3. The highest BCUT2D eigenvalue weighted by Gasteiger charge is 2.47. The molecule has 0 bridgehead atoms. The van der Waals surface area contributed by atoms with Crippen molar-refractivity contribution < 1.29 is 0 Å². The molecule has 25 rings (SSSR count). The van der Waals surface area contributed by atoms with Crippen molar-refractivity contribution in [3.05, 3.63) is 426 Å². The smallest absolute Gasteiger partial charge is 0.235 e. The molecule has 4 aliphatic carbocycles. The average Bonchev–Trinajstić information content (AvgIpc) is 1.53. The molecule has 0 spiro atoms. The van der Waals surface area contributed by atoms with Gasteiger partial charge in [0.05, 0.1) is 49.7 Å². The Morgan fingerprint density at radius 3 is 0.992 bits per heavy atom. The number of benzene rings is 17. The Balaban J connectivity index is 0.685. The lowest BCUT2D eigenvalue weighted by Crippen LogP contribution is -2.28. The first kappa shape index (κ1) is 67.8. The molecular formula is C114H79N5. The van der Waals surface area contributed by atoms with Gasteiger partial charge < -0.3 is 9.13 Å². The number of fused-ring (bicyclic) bond motifs is 22. The lowest BCUT2D eigenvalue weighted by Gasteiger charge is -2.34. The van der Waals surface area contributed by atoms with E-state index in [4.69, 9.17) is 9.97 Å². The summed E-state index contributed by atoms with van der Waals surface area (Å²) in [5.41, 5.74) is 40.9. The van der Waals surface area contributed by atoms with Gasteiger partial charge in [0.2, 0.25) is 5.95 Å². The predicted molar refractivity (Wildman–Crippen MR) is 494 cm³/mol. The highest BCUT2D eigenvalue weighted by Crippen LogP contribution is 2.59. The summed E-state index contributed by atoms with van der Waals surface area (Å²) in [6.07, 6.45) is 0. The number of rotatable bonds is 9. The molecular weight excluding hydrogens is 1440 g/mol. The van der Waals surface area contributed by atoms with Crippen LogP contribution in [0.25, 0.3) is 183 Å². The fourth-order valence-electron chi connectivity index (χ4n) is 22.3. The van der Waals surface area contributed by atoms with Gasteiger partial charge in [-0.3, -0.25) is 4.57 Å². The van der Waals surface area contributed by atoms with Gasteiger partial charge in [0.25, 0.3) is 0 Å². The second-order valence-electron chi connectivity index (χ2n) is 35.1. The SMILES string of the molecule is CC1(C)c2ccccc2-c2cc(-c3ccc4c(c3)c3ccccc3n4-c3ccc4c(c3)C(c3ccccc3)(c3ccccc3)c3cc(-c5nc(-n6c7ccccc7c7cc(-c8ccc9c(c8)-c8ccccc8C9(C)C)ccc76)nc6ccc(-n7c8ccccc8c8cc(-c9ccc%10c(c9)-c9ccccc9C%10(C)C)ccc87)cc56)ccc3-4)ccc21. The van der Waals surface area contributed by atoms with Crippen molar-refractivity contribution in [3.63, 3.8) is 0 Å². The molecule has 0 atom stereocenters. The Kier molecular flexibility index (Phi) is 14.0. The molecule has 560 valence electrons. The van der Waals surface area contributed by atoms with Gasteiger partial charge in [0.15, 0.2) is 0 Å². The molecule has 0 saturated heterocycles. The predicted octanol–water partition coefficient (Wildman–Crippen LogP) is 28.9. The van der Waals surface area contributed by atoms with E-state index in [2.05, 4.69) is 425 Å². The van der Waals surface area contributed by atoms with Crippen molar-refractivity contribution in [2.75, 3.05) is 0 Å². The van der Waals surface area contributed by atoms with Crippen molar-refractivity contribution in [3.8, 4) is 106 Å². The lowest BCUT2D eigenvalue weighted by molar-refractivity contribution is 0.660. The fourth-order valence-corrected chi connectivity index (χ4v) is 22.3.